The first-order valence-electron chi connectivity index (χ1n) is 21.3. The van der Waals surface area contributed by atoms with Crippen LogP contribution in [0.25, 0.3) is 16.5 Å². The summed E-state index contributed by atoms with van der Waals surface area (Å²) < 4.78 is 36.1. The molecule has 61 heavy (non-hydrogen) atoms. The summed E-state index contributed by atoms with van der Waals surface area (Å²) in [5.74, 6) is 0.201. The Hall–Kier alpha value is -5.30. The molecule has 0 radical (unpaired) electrons. The number of H-pyrrole nitrogens is 1. The second-order valence-electron chi connectivity index (χ2n) is 17.4. The first-order chi connectivity index (χ1) is 29.3. The quantitative estimate of drug-likeness (QED) is 0.0944. The lowest BCUT2D eigenvalue weighted by atomic mass is 9.72. The lowest BCUT2D eigenvalue weighted by Crippen LogP contribution is -2.47. The van der Waals surface area contributed by atoms with E-state index in [2.05, 4.69) is 50.8 Å². The molecule has 5 aromatic rings. The molecule has 0 atom stereocenters. The molecule has 0 spiro atoms. The molecule has 11 nitrogen and oxygen atoms in total. The number of allylic oxidation sites excluding steroid dienone is 1. The van der Waals surface area contributed by atoms with Crippen molar-refractivity contribution in [2.45, 2.75) is 64.2 Å². The molecule has 320 valence electrons. The zero-order valence-electron chi connectivity index (χ0n) is 35.2. The first-order valence-corrected chi connectivity index (χ1v) is 23.2. The number of halogens is 1. The molecule has 2 fully saturated rings. The smallest absolute Gasteiger partial charge is 0.268 e. The number of amides is 2. The minimum Gasteiger partial charge on any atom is -0.456 e. The molecular weight excluding hydrogens is 808 g/mol. The normalized spacial score (nSPS) is 17.3. The van der Waals surface area contributed by atoms with Gasteiger partial charge >= 0.3 is 0 Å². The maximum absolute atomic E-state index is 13.9. The number of aryl methyl sites for hydroxylation is 1. The molecular formula is C48H55ClN6O5S. The number of hydrogen-bond donors (Lipinski definition) is 3. The van der Waals surface area contributed by atoms with E-state index in [1.807, 2.05) is 66.6 Å². The first kappa shape index (κ1) is 42.4. The lowest BCUT2D eigenvalue weighted by Gasteiger charge is -2.39. The average Bonchev–Trinajstić information content (AvgIpc) is 3.89. The molecule has 4 aromatic carbocycles. The Morgan fingerprint density at radius 3 is 2.48 bits per heavy atom. The number of rotatable bonds is 14. The van der Waals surface area contributed by atoms with Crippen LogP contribution in [0, 0.1) is 12.3 Å². The molecule has 2 aliphatic heterocycles. The van der Waals surface area contributed by atoms with Crippen LogP contribution >= 0.6 is 11.6 Å². The van der Waals surface area contributed by atoms with Crippen molar-refractivity contribution in [2.24, 2.45) is 5.41 Å². The second-order valence-corrected chi connectivity index (χ2v) is 19.5. The molecule has 3 aliphatic rings. The van der Waals surface area contributed by atoms with Crippen LogP contribution in [0.3, 0.4) is 0 Å². The van der Waals surface area contributed by atoms with Crippen LogP contribution in [0.1, 0.15) is 73.9 Å². The van der Waals surface area contributed by atoms with E-state index in [0.717, 1.165) is 104 Å². The fraction of sp³-hybridized carbons (Fsp3) is 0.375. The standard InChI is InChI=1S/C48H55ClN6O5S/c1-33-28-40(13-16-43(33)50-20-5-23-55-22-4-6-46(55)56)61(58,59)52-47(57)41-14-11-38(30-45(41)60-39-12-15-44-35(29-39)18-21-51-44)54-26-24-53(25-27-54)32-36-17-19-48(2,3)31-42(36)34-7-9-37(49)10-8-34/h7-16,18,21,28-30,50-51H,4-6,17,19-20,22-27,31-32H2,1-3H3,(H,52,57). The maximum Gasteiger partial charge on any atom is 0.268 e. The van der Waals surface area contributed by atoms with Crippen LogP contribution < -0.4 is 19.7 Å². The van der Waals surface area contributed by atoms with E-state index in [0.29, 0.717) is 25.3 Å². The topological polar surface area (TPSA) is 127 Å². The van der Waals surface area contributed by atoms with Gasteiger partial charge in [0.1, 0.15) is 11.5 Å². The monoisotopic (exact) mass is 862 g/mol. The molecule has 3 N–H and O–H groups in total. The summed E-state index contributed by atoms with van der Waals surface area (Å²) in [6.45, 7) is 12.9. The van der Waals surface area contributed by atoms with Gasteiger partial charge in [-0.2, -0.15) is 0 Å². The summed E-state index contributed by atoms with van der Waals surface area (Å²) in [7, 11) is -4.24. The number of nitrogens with one attached hydrogen (secondary N) is 3. The van der Waals surface area contributed by atoms with Gasteiger partial charge in [-0.1, -0.05) is 43.2 Å². The Kier molecular flexibility index (Phi) is 12.5. The van der Waals surface area contributed by atoms with Crippen molar-refractivity contribution in [2.75, 3.05) is 62.6 Å². The summed E-state index contributed by atoms with van der Waals surface area (Å²) in [6.07, 6.45) is 7.44. The van der Waals surface area contributed by atoms with Crippen LogP contribution in [0.5, 0.6) is 11.5 Å². The van der Waals surface area contributed by atoms with Gasteiger partial charge in [-0.3, -0.25) is 14.5 Å². The highest BCUT2D eigenvalue weighted by Crippen LogP contribution is 2.43. The number of benzene rings is 4. The molecule has 2 amide bonds. The van der Waals surface area contributed by atoms with Gasteiger partial charge in [0.25, 0.3) is 15.9 Å². The molecule has 0 saturated carbocycles. The van der Waals surface area contributed by atoms with Gasteiger partial charge in [-0.15, -0.1) is 0 Å². The Morgan fingerprint density at radius 2 is 1.72 bits per heavy atom. The van der Waals surface area contributed by atoms with E-state index in [-0.39, 0.29) is 27.5 Å². The average molecular weight is 864 g/mol. The van der Waals surface area contributed by atoms with Crippen molar-refractivity contribution in [3.63, 3.8) is 0 Å². The second kappa shape index (κ2) is 18.0. The van der Waals surface area contributed by atoms with Crippen LogP contribution in [-0.4, -0.2) is 87.4 Å². The largest absolute Gasteiger partial charge is 0.456 e. The molecule has 3 heterocycles. The summed E-state index contributed by atoms with van der Waals surface area (Å²) in [5.41, 5.74) is 7.91. The van der Waals surface area contributed by atoms with E-state index >= 15 is 0 Å². The minimum absolute atomic E-state index is 0.0191. The number of carbonyl (C=O) groups excluding carboxylic acids is 2. The van der Waals surface area contributed by atoms with Crippen LogP contribution in [0.15, 0.2) is 102 Å². The zero-order valence-corrected chi connectivity index (χ0v) is 36.8. The Morgan fingerprint density at radius 1 is 0.918 bits per heavy atom. The van der Waals surface area contributed by atoms with Crippen molar-refractivity contribution in [3.05, 3.63) is 118 Å². The predicted octanol–water partition coefficient (Wildman–Crippen LogP) is 9.25. The maximum atomic E-state index is 13.9. The highest BCUT2D eigenvalue weighted by Gasteiger charge is 2.30. The number of ether oxygens (including phenoxy) is 1. The number of nitrogens with zero attached hydrogens (tertiary/aromatic N) is 3. The fourth-order valence-corrected chi connectivity index (χ4v) is 9.95. The number of piperazine rings is 1. The van der Waals surface area contributed by atoms with Crippen molar-refractivity contribution in [1.29, 1.82) is 0 Å². The Labute approximate surface area is 364 Å². The number of likely N-dealkylation sites (tertiary alicyclic amines) is 1. The van der Waals surface area contributed by atoms with Crippen molar-refractivity contribution in [1.82, 2.24) is 19.5 Å². The Bertz CT molecular complexity index is 2560. The van der Waals surface area contributed by atoms with E-state index < -0.39 is 15.9 Å². The summed E-state index contributed by atoms with van der Waals surface area (Å²) in [5, 5.41) is 5.05. The number of anilines is 2. The van der Waals surface area contributed by atoms with Crippen molar-refractivity contribution >= 4 is 61.3 Å². The predicted molar refractivity (Wildman–Crippen MR) is 244 cm³/mol. The fourth-order valence-electron chi connectivity index (χ4n) is 8.77. The number of carbonyl (C=O) groups is 2. The highest BCUT2D eigenvalue weighted by atomic mass is 35.5. The van der Waals surface area contributed by atoms with Gasteiger partial charge in [0, 0.05) is 98.3 Å². The van der Waals surface area contributed by atoms with Gasteiger partial charge in [0.05, 0.1) is 10.5 Å². The van der Waals surface area contributed by atoms with Gasteiger partial charge in [-0.05, 0) is 128 Å². The van der Waals surface area contributed by atoms with Crippen LogP contribution in [0.4, 0.5) is 11.4 Å². The SMILES string of the molecule is Cc1cc(S(=O)(=O)NC(=O)c2ccc(N3CCN(CC4=C(c5ccc(Cl)cc5)CC(C)(C)CC4)CC3)cc2Oc2ccc3[nH]ccc3c2)ccc1NCCCN1CCCC1=O. The zero-order chi connectivity index (χ0) is 42.7. The minimum atomic E-state index is -4.24. The number of aromatic amines is 1. The molecule has 1 aromatic heterocycles. The molecule has 1 aliphatic carbocycles. The molecule has 8 rings (SSSR count). The number of fused-ring (bicyclic) bond motifs is 1. The van der Waals surface area contributed by atoms with Gasteiger partial charge in [0.2, 0.25) is 5.91 Å². The Balaban J connectivity index is 0.964. The van der Waals surface area contributed by atoms with E-state index in [1.54, 1.807) is 18.2 Å². The third-order valence-electron chi connectivity index (χ3n) is 12.3. The van der Waals surface area contributed by atoms with Gasteiger partial charge in [0.15, 0.2) is 0 Å². The van der Waals surface area contributed by atoms with Gasteiger partial charge < -0.3 is 24.8 Å². The van der Waals surface area contributed by atoms with Crippen LogP contribution in [0.2, 0.25) is 5.02 Å². The number of aromatic nitrogens is 1. The number of hydrogen-bond acceptors (Lipinski definition) is 8. The van der Waals surface area contributed by atoms with Crippen molar-refractivity contribution in [3.8, 4) is 11.5 Å². The number of sulfonamides is 1. The van der Waals surface area contributed by atoms with E-state index in [9.17, 15) is 18.0 Å². The molecule has 0 bridgehead atoms. The van der Waals surface area contributed by atoms with Crippen LogP contribution in [-0.2, 0) is 14.8 Å². The van der Waals surface area contributed by atoms with Crippen molar-refractivity contribution < 1.29 is 22.7 Å². The summed E-state index contributed by atoms with van der Waals surface area (Å²) in [6, 6.07) is 25.9. The highest BCUT2D eigenvalue weighted by molar-refractivity contribution is 7.90. The third kappa shape index (κ3) is 10.1. The third-order valence-corrected chi connectivity index (χ3v) is 13.9. The summed E-state index contributed by atoms with van der Waals surface area (Å²) >= 11 is 6.25. The molecule has 0 unspecified atom stereocenters. The van der Waals surface area contributed by atoms with E-state index in [1.165, 1.54) is 22.8 Å². The lowest BCUT2D eigenvalue weighted by molar-refractivity contribution is -0.127. The summed E-state index contributed by atoms with van der Waals surface area (Å²) in [4.78, 5) is 35.7. The molecule has 13 heteroatoms. The van der Waals surface area contributed by atoms with Gasteiger partial charge in [-0.25, -0.2) is 13.1 Å². The van der Waals surface area contributed by atoms with E-state index in [4.69, 9.17) is 16.3 Å². The molecule has 2 saturated heterocycles.